The molecule has 7 heteroatoms. The van der Waals surface area contributed by atoms with Crippen molar-refractivity contribution < 1.29 is 14.3 Å². The summed E-state index contributed by atoms with van der Waals surface area (Å²) in [5.74, 6) is 2.41. The van der Waals surface area contributed by atoms with Crippen molar-refractivity contribution in [1.29, 1.82) is 5.41 Å². The highest BCUT2D eigenvalue weighted by Gasteiger charge is 2.44. The molecular weight excluding hydrogens is 524 g/mol. The largest absolute Gasteiger partial charge is 0.497 e. The first kappa shape index (κ1) is 28.8. The minimum Gasteiger partial charge on any atom is -0.497 e. The van der Waals surface area contributed by atoms with Gasteiger partial charge in [0.05, 0.1) is 23.1 Å². The zero-order valence-electron chi connectivity index (χ0n) is 22.5. The van der Waals surface area contributed by atoms with Gasteiger partial charge in [0.1, 0.15) is 18.1 Å². The molecule has 204 valence electrons. The van der Waals surface area contributed by atoms with Gasteiger partial charge in [0, 0.05) is 17.4 Å². The van der Waals surface area contributed by atoms with Crippen LogP contribution >= 0.6 is 23.5 Å². The molecule has 2 aromatic carbocycles. The molecule has 0 radical (unpaired) electrons. The predicted molar refractivity (Wildman–Crippen MR) is 165 cm³/mol. The molecule has 1 saturated carbocycles. The lowest BCUT2D eigenvalue weighted by atomic mass is 9.74. The fourth-order valence-electron chi connectivity index (χ4n) is 4.80. The van der Waals surface area contributed by atoms with Crippen LogP contribution in [0, 0.1) is 11.3 Å². The first-order valence-electron chi connectivity index (χ1n) is 13.2. The number of hydrogen-bond acceptors (Lipinski definition) is 6. The Morgan fingerprint density at radius 2 is 1.90 bits per heavy atom. The van der Waals surface area contributed by atoms with Crippen molar-refractivity contribution in [1.82, 2.24) is 5.32 Å². The minimum atomic E-state index is -0.0743. The lowest BCUT2D eigenvalue weighted by Crippen LogP contribution is -2.31. The Morgan fingerprint density at radius 1 is 1.13 bits per heavy atom. The number of hydrogen-bond donors (Lipinski definition) is 2. The second-order valence-electron chi connectivity index (χ2n) is 9.49. The Labute approximate surface area is 240 Å². The summed E-state index contributed by atoms with van der Waals surface area (Å²) in [5.41, 5.74) is 3.99. The summed E-state index contributed by atoms with van der Waals surface area (Å²) in [6.45, 7) is 6.98. The summed E-state index contributed by atoms with van der Waals surface area (Å²) in [6, 6.07) is 17.7. The smallest absolute Gasteiger partial charge is 0.257 e. The number of rotatable bonds is 12. The van der Waals surface area contributed by atoms with E-state index in [1.807, 2.05) is 73.7 Å². The van der Waals surface area contributed by atoms with Crippen LogP contribution < -0.4 is 14.8 Å². The van der Waals surface area contributed by atoms with E-state index in [0.717, 1.165) is 39.7 Å². The van der Waals surface area contributed by atoms with Crippen molar-refractivity contribution in [2.45, 2.75) is 30.3 Å². The maximum Gasteiger partial charge on any atom is 0.257 e. The number of carbonyl (C=O) groups is 1. The molecule has 1 aliphatic carbocycles. The van der Waals surface area contributed by atoms with E-state index in [1.54, 1.807) is 30.6 Å². The molecule has 0 saturated heterocycles. The van der Waals surface area contributed by atoms with Gasteiger partial charge >= 0.3 is 0 Å². The van der Waals surface area contributed by atoms with Gasteiger partial charge in [-0.15, -0.1) is 23.5 Å². The van der Waals surface area contributed by atoms with E-state index in [1.165, 1.54) is 5.56 Å². The van der Waals surface area contributed by atoms with E-state index in [4.69, 9.17) is 14.9 Å². The molecule has 0 aromatic heterocycles. The quantitative estimate of drug-likeness (QED) is 0.213. The van der Waals surface area contributed by atoms with Crippen LogP contribution in [-0.2, 0) is 4.79 Å². The maximum absolute atomic E-state index is 13.4. The highest BCUT2D eigenvalue weighted by Crippen LogP contribution is 2.54. The van der Waals surface area contributed by atoms with Gasteiger partial charge in [-0.1, -0.05) is 61.2 Å². The molecule has 0 bridgehead atoms. The fourth-order valence-corrected chi connectivity index (χ4v) is 7.80. The molecule has 3 atom stereocenters. The van der Waals surface area contributed by atoms with E-state index >= 15 is 0 Å². The highest BCUT2D eigenvalue weighted by molar-refractivity contribution is 8.19. The van der Waals surface area contributed by atoms with Gasteiger partial charge in [-0.25, -0.2) is 0 Å². The first-order chi connectivity index (χ1) is 19.0. The normalized spacial score (nSPS) is 20.9. The third kappa shape index (κ3) is 7.70. The SMILES string of the molecule is C=C(/C=C\C=C/C)CSC1SC(C(=O)NCCOc2ccccc2)=C2CC(c3ccc(OC)cc3)CC(=N)C21. The zero-order valence-corrected chi connectivity index (χ0v) is 24.2. The standard InChI is InChI=1S/C32H36N2O3S2/c1-4-5-7-10-22(2)21-38-32-29-27(19-24(20-28(29)33)23-13-15-25(36-3)16-14-23)30(39-32)31(35)34-17-18-37-26-11-8-6-9-12-26/h4-16,24,29,32-33H,2,17-21H2,1,3H3,(H,34,35)/b5-4-,10-7-,33-28?. The van der Waals surface area contributed by atoms with Crippen LogP contribution in [0.4, 0.5) is 0 Å². The van der Waals surface area contributed by atoms with Crippen LogP contribution in [0.1, 0.15) is 31.2 Å². The molecule has 39 heavy (non-hydrogen) atoms. The molecule has 2 aliphatic rings. The van der Waals surface area contributed by atoms with Crippen LogP contribution in [0.15, 0.2) is 102 Å². The maximum atomic E-state index is 13.4. The van der Waals surface area contributed by atoms with Crippen molar-refractivity contribution in [3.63, 3.8) is 0 Å². The van der Waals surface area contributed by atoms with Crippen LogP contribution in [0.2, 0.25) is 0 Å². The second-order valence-corrected chi connectivity index (χ2v) is 12.1. The fraction of sp³-hybridized carbons (Fsp3) is 0.312. The van der Waals surface area contributed by atoms with Crippen molar-refractivity contribution in [3.05, 3.63) is 107 Å². The highest BCUT2D eigenvalue weighted by atomic mass is 32.2. The van der Waals surface area contributed by atoms with E-state index in [0.29, 0.717) is 25.3 Å². The summed E-state index contributed by atoms with van der Waals surface area (Å²) in [7, 11) is 1.66. The number of carbonyl (C=O) groups excluding carboxylic acids is 1. The number of allylic oxidation sites excluding steroid dienone is 5. The molecular formula is C32H36N2O3S2. The van der Waals surface area contributed by atoms with Gasteiger partial charge in [-0.05, 0) is 66.7 Å². The van der Waals surface area contributed by atoms with Crippen LogP contribution in [0.3, 0.4) is 0 Å². The molecule has 1 fully saturated rings. The van der Waals surface area contributed by atoms with Crippen LogP contribution in [-0.4, -0.2) is 42.2 Å². The minimum absolute atomic E-state index is 0.0388. The van der Waals surface area contributed by atoms with Gasteiger partial charge in [0.25, 0.3) is 5.91 Å². The average molecular weight is 561 g/mol. The molecule has 4 rings (SSSR count). The Kier molecular flexibility index (Phi) is 10.6. The van der Waals surface area contributed by atoms with Gasteiger partial charge in [-0.2, -0.15) is 0 Å². The molecule has 2 N–H and O–H groups in total. The molecule has 3 unspecified atom stereocenters. The Morgan fingerprint density at radius 3 is 2.62 bits per heavy atom. The van der Waals surface area contributed by atoms with E-state index in [2.05, 4.69) is 24.0 Å². The topological polar surface area (TPSA) is 71.4 Å². The average Bonchev–Trinajstić information content (AvgIpc) is 3.34. The zero-order chi connectivity index (χ0) is 27.6. The number of methoxy groups -OCH3 is 1. The van der Waals surface area contributed by atoms with Crippen molar-refractivity contribution in [2.75, 3.05) is 26.0 Å². The summed E-state index contributed by atoms with van der Waals surface area (Å²) in [5, 5.41) is 12.1. The van der Waals surface area contributed by atoms with Crippen molar-refractivity contribution in [2.24, 2.45) is 5.92 Å². The van der Waals surface area contributed by atoms with E-state index in [9.17, 15) is 4.79 Å². The Balaban J connectivity index is 1.47. The Hall–Kier alpha value is -3.16. The molecule has 0 spiro atoms. The summed E-state index contributed by atoms with van der Waals surface area (Å²) in [4.78, 5) is 14.2. The first-order valence-corrected chi connectivity index (χ1v) is 15.1. The monoisotopic (exact) mass is 560 g/mol. The predicted octanol–water partition coefficient (Wildman–Crippen LogP) is 7.15. The van der Waals surface area contributed by atoms with E-state index < -0.39 is 0 Å². The molecule has 2 aromatic rings. The number of nitrogens with one attached hydrogen (secondary N) is 2. The van der Waals surface area contributed by atoms with Crippen molar-refractivity contribution >= 4 is 35.1 Å². The molecule has 1 aliphatic heterocycles. The number of fused-ring (bicyclic) bond motifs is 1. The summed E-state index contributed by atoms with van der Waals surface area (Å²) in [6.07, 6.45) is 9.45. The third-order valence-electron chi connectivity index (χ3n) is 6.74. The lowest BCUT2D eigenvalue weighted by Gasteiger charge is -2.32. The molecule has 1 heterocycles. The lowest BCUT2D eigenvalue weighted by molar-refractivity contribution is -0.116. The number of ether oxygens (including phenoxy) is 2. The van der Waals surface area contributed by atoms with Gasteiger partial charge in [-0.3, -0.25) is 4.79 Å². The second kappa shape index (κ2) is 14.3. The number of para-hydroxylation sites is 1. The third-order valence-corrected chi connectivity index (χ3v) is 9.77. The van der Waals surface area contributed by atoms with Gasteiger partial charge in [0.2, 0.25) is 0 Å². The summed E-state index contributed by atoms with van der Waals surface area (Å²) < 4.78 is 11.2. The molecule has 5 nitrogen and oxygen atoms in total. The van der Waals surface area contributed by atoms with Crippen LogP contribution in [0.25, 0.3) is 0 Å². The van der Waals surface area contributed by atoms with Crippen molar-refractivity contribution in [3.8, 4) is 11.5 Å². The van der Waals surface area contributed by atoms with Crippen LogP contribution in [0.5, 0.6) is 11.5 Å². The summed E-state index contributed by atoms with van der Waals surface area (Å²) >= 11 is 3.38. The number of benzene rings is 2. The van der Waals surface area contributed by atoms with Gasteiger partial charge < -0.3 is 20.2 Å². The number of amides is 1. The van der Waals surface area contributed by atoms with E-state index in [-0.39, 0.29) is 22.3 Å². The Bertz CT molecular complexity index is 1250. The number of thioether (sulfide) groups is 2. The van der Waals surface area contributed by atoms with Gasteiger partial charge in [0.15, 0.2) is 0 Å². The molecule has 1 amide bonds.